The second-order valence-corrected chi connectivity index (χ2v) is 21.6. The summed E-state index contributed by atoms with van der Waals surface area (Å²) in [4.78, 5) is 34.3. The molecule has 8 rings (SSSR count). The van der Waals surface area contributed by atoms with Crippen LogP contribution >= 0.6 is 11.6 Å². The van der Waals surface area contributed by atoms with Crippen LogP contribution in [0.25, 0.3) is 21.8 Å². The van der Waals surface area contributed by atoms with Gasteiger partial charge in [0.1, 0.15) is 16.8 Å². The first-order valence-electron chi connectivity index (χ1n) is 24.0. The molecule has 2 saturated carbocycles. The monoisotopic (exact) mass is 1070 g/mol. The van der Waals surface area contributed by atoms with Crippen molar-refractivity contribution in [3.63, 3.8) is 0 Å². The Bertz CT molecular complexity index is 2760. The number of aliphatic hydroxyl groups is 1. The number of rotatable bonds is 12. The number of hydrogen-bond acceptors (Lipinski definition) is 10. The molecule has 388 valence electrons. The number of carbonyl (C=O) groups is 2. The van der Waals surface area contributed by atoms with Crippen molar-refractivity contribution in [1.82, 2.24) is 30.0 Å². The van der Waals surface area contributed by atoms with Gasteiger partial charge in [-0.3, -0.25) is 14.6 Å². The second kappa shape index (κ2) is 29.0. The molecule has 20 heteroatoms. The number of aryl methyl sites for hydroxylation is 1. The molecule has 2 amide bonds. The number of hydrogen-bond donors (Lipinski definition) is 5. The SMILES string of the molecule is CCO.CC[O-].C[C@@H](NC(=O)C1CCC(NS(=O)(=O)c2ccc3nc(Cl)ccc3c2)CC1)c1ccc(F)cc1.Cc1ccc2cc(S(=O)(=O)NC3CCC(C(=O)N[C@H](C)c4ccc(F)cc4)CC3)ccc2n1.[Na+]. The van der Waals surface area contributed by atoms with Gasteiger partial charge in [0, 0.05) is 47.0 Å². The van der Waals surface area contributed by atoms with Crippen molar-refractivity contribution in [2.24, 2.45) is 11.8 Å². The molecule has 0 radical (unpaired) electrons. The summed E-state index contributed by atoms with van der Waals surface area (Å²) >= 11 is 5.89. The van der Waals surface area contributed by atoms with E-state index in [0.29, 0.717) is 67.4 Å². The van der Waals surface area contributed by atoms with E-state index < -0.39 is 20.0 Å². The van der Waals surface area contributed by atoms with E-state index >= 15 is 0 Å². The summed E-state index contributed by atoms with van der Waals surface area (Å²) in [7, 11) is -7.37. The topological polar surface area (TPSA) is 220 Å². The van der Waals surface area contributed by atoms with E-state index in [1.807, 2.05) is 32.9 Å². The fourth-order valence-electron chi connectivity index (χ4n) is 8.47. The molecule has 2 fully saturated rings. The number of benzene rings is 4. The van der Waals surface area contributed by atoms with Gasteiger partial charge in [-0.05, 0) is 169 Å². The van der Waals surface area contributed by atoms with E-state index in [-0.39, 0.29) is 112 Å². The number of aromatic nitrogens is 2. The summed E-state index contributed by atoms with van der Waals surface area (Å²) in [6, 6.07) is 28.0. The Labute approximate surface area is 454 Å². The molecule has 2 atom stereocenters. The Hall–Kier alpha value is -4.47. The van der Waals surface area contributed by atoms with Crippen LogP contribution in [0.15, 0.2) is 119 Å². The molecule has 0 bridgehead atoms. The quantitative estimate of drug-likeness (QED) is 0.0765. The molecule has 0 unspecified atom stereocenters. The second-order valence-electron chi connectivity index (χ2n) is 17.8. The third-order valence-corrected chi connectivity index (χ3v) is 15.6. The van der Waals surface area contributed by atoms with Crippen molar-refractivity contribution in [3.05, 3.63) is 143 Å². The zero-order valence-electron chi connectivity index (χ0n) is 42.1. The van der Waals surface area contributed by atoms with E-state index in [9.17, 15) is 35.2 Å². The Kier molecular flexibility index (Phi) is 24.3. The smallest absolute Gasteiger partial charge is 0.855 e. The third-order valence-electron chi connectivity index (χ3n) is 12.3. The van der Waals surface area contributed by atoms with Crippen molar-refractivity contribution in [2.75, 3.05) is 13.2 Å². The minimum absolute atomic E-state index is 0. The molecule has 0 spiro atoms. The maximum atomic E-state index is 13.1. The van der Waals surface area contributed by atoms with Gasteiger partial charge in [-0.2, -0.15) is 0 Å². The van der Waals surface area contributed by atoms with Crippen molar-refractivity contribution in [1.29, 1.82) is 0 Å². The molecule has 2 heterocycles. The van der Waals surface area contributed by atoms with Gasteiger partial charge >= 0.3 is 29.6 Å². The number of fused-ring (bicyclic) bond motifs is 2. The number of halogens is 3. The van der Waals surface area contributed by atoms with Crippen LogP contribution in [0.1, 0.15) is 108 Å². The Morgan fingerprint density at radius 3 is 1.37 bits per heavy atom. The van der Waals surface area contributed by atoms with Crippen molar-refractivity contribution >= 4 is 65.3 Å². The first-order chi connectivity index (χ1) is 34.2. The van der Waals surface area contributed by atoms with Crippen molar-refractivity contribution < 1.29 is 75.0 Å². The van der Waals surface area contributed by atoms with Gasteiger partial charge in [-0.1, -0.05) is 48.9 Å². The predicted molar refractivity (Wildman–Crippen MR) is 275 cm³/mol. The van der Waals surface area contributed by atoms with Gasteiger partial charge in [-0.15, -0.1) is 6.61 Å². The first kappa shape index (κ1) is 61.1. The molecule has 5 N–H and O–H groups in total. The van der Waals surface area contributed by atoms with Crippen LogP contribution in [-0.2, 0) is 29.6 Å². The van der Waals surface area contributed by atoms with Gasteiger partial charge in [0.15, 0.2) is 0 Å². The molecule has 2 aliphatic rings. The minimum atomic E-state index is -3.70. The number of nitrogens with zero attached hydrogens (tertiary/aromatic N) is 2. The fourth-order valence-corrected chi connectivity index (χ4v) is 11.3. The number of sulfonamides is 2. The number of pyridine rings is 2. The van der Waals surface area contributed by atoms with E-state index in [1.165, 1.54) is 30.3 Å². The maximum Gasteiger partial charge on any atom is 1.00 e. The van der Waals surface area contributed by atoms with Crippen LogP contribution in [0.3, 0.4) is 0 Å². The van der Waals surface area contributed by atoms with Crippen LogP contribution < -0.4 is 54.7 Å². The average molecular weight is 1070 g/mol. The fraction of sp³-hybridized carbons (Fsp3) is 0.396. The van der Waals surface area contributed by atoms with E-state index in [1.54, 1.807) is 80.6 Å². The largest absolute Gasteiger partial charge is 1.00 e. The molecule has 14 nitrogen and oxygen atoms in total. The summed E-state index contributed by atoms with van der Waals surface area (Å²) in [6.45, 7) is 9.12. The zero-order chi connectivity index (χ0) is 52.6. The molecule has 73 heavy (non-hydrogen) atoms. The Morgan fingerprint density at radius 2 is 0.986 bits per heavy atom. The van der Waals surface area contributed by atoms with E-state index in [2.05, 4.69) is 30.0 Å². The summed E-state index contributed by atoms with van der Waals surface area (Å²) in [6.07, 6.45) is 4.74. The minimum Gasteiger partial charge on any atom is -0.855 e. The molecule has 0 saturated heterocycles. The van der Waals surface area contributed by atoms with Crippen LogP contribution in [-0.4, -0.2) is 69.0 Å². The maximum absolute atomic E-state index is 13.1. The van der Waals surface area contributed by atoms with Crippen LogP contribution in [0, 0.1) is 30.4 Å². The number of amides is 2. The molecule has 2 aromatic heterocycles. The van der Waals surface area contributed by atoms with Gasteiger partial charge in [0.25, 0.3) is 0 Å². The normalized spacial score (nSPS) is 18.4. The number of nitrogens with one attached hydrogen (secondary N) is 4. The standard InChI is InChI=1S/C25H28FN3O3S.C24H25ClFN3O3S.C2H6O.C2H5O.Na/c1-16-3-4-20-15-23(13-14-24(20)27-16)33(31,32)29-22-11-7-19(8-12-22)25(30)28-17(2)18-5-9-21(26)10-6-18;1-15(16-2-7-19(26)8-3-16)27-24(30)17-4-9-20(10-5-17)29-33(31,32)21-11-12-22-18(14-21)6-13-23(25)28-22;2*1-2-3;/h3-6,9-10,13-15,17,19,22,29H,7-8,11-12H2,1-2H3,(H,28,30);2-3,6-8,11-15,17,20,29H,4-5,9-10H2,1H3,(H,27,30);3H,2H2,1H3;2H2,1H3;/q;;;-1;+1/t17-,19?,22?;15-,17?,20?;;;/m11.../s1. The summed E-state index contributed by atoms with van der Waals surface area (Å²) in [5, 5.41) is 24.3. The third kappa shape index (κ3) is 18.4. The number of carbonyl (C=O) groups excluding carboxylic acids is 2. The molecular formula is C53H64ClF2N6NaO8S2. The molecule has 6 aromatic rings. The van der Waals surface area contributed by atoms with Crippen molar-refractivity contribution in [3.8, 4) is 0 Å². The zero-order valence-corrected chi connectivity index (χ0v) is 46.5. The van der Waals surface area contributed by atoms with Crippen molar-refractivity contribution in [2.45, 2.75) is 120 Å². The first-order valence-corrected chi connectivity index (χ1v) is 27.4. The molecule has 0 aliphatic heterocycles. The Morgan fingerprint density at radius 1 is 0.630 bits per heavy atom. The summed E-state index contributed by atoms with van der Waals surface area (Å²) in [5.74, 6) is -1.08. The number of aliphatic hydroxyl groups excluding tert-OH is 1. The predicted octanol–water partition coefficient (Wildman–Crippen LogP) is 5.51. The molecular weight excluding hydrogens is 1010 g/mol. The van der Waals surface area contributed by atoms with E-state index in [4.69, 9.17) is 21.8 Å². The van der Waals surface area contributed by atoms with Gasteiger partial charge < -0.3 is 20.8 Å². The summed E-state index contributed by atoms with van der Waals surface area (Å²) < 4.78 is 83.4. The van der Waals surface area contributed by atoms with E-state index in [0.717, 1.165) is 27.7 Å². The molecule has 4 aromatic carbocycles. The summed E-state index contributed by atoms with van der Waals surface area (Å²) in [5.41, 5.74) is 3.94. The average Bonchev–Trinajstić information content (AvgIpc) is 3.35. The Balaban J connectivity index is 0.000000282. The van der Waals surface area contributed by atoms with Gasteiger partial charge in [0.05, 0.1) is 32.9 Å². The van der Waals surface area contributed by atoms with Crippen LogP contribution in [0.2, 0.25) is 5.15 Å². The van der Waals surface area contributed by atoms with Gasteiger partial charge in [-0.25, -0.2) is 40.0 Å². The van der Waals surface area contributed by atoms with Crippen LogP contribution in [0.4, 0.5) is 8.78 Å². The van der Waals surface area contributed by atoms with Crippen LogP contribution in [0.5, 0.6) is 0 Å². The molecule has 2 aliphatic carbocycles. The van der Waals surface area contributed by atoms with Gasteiger partial charge in [0.2, 0.25) is 31.9 Å².